The van der Waals surface area contributed by atoms with E-state index in [1.165, 1.54) is 16.9 Å². The fourth-order valence-electron chi connectivity index (χ4n) is 4.46. The fourth-order valence-corrected chi connectivity index (χ4v) is 5.87. The van der Waals surface area contributed by atoms with Crippen molar-refractivity contribution in [2.45, 2.75) is 32.2 Å². The first-order valence-corrected chi connectivity index (χ1v) is 11.6. The maximum absolute atomic E-state index is 13.3. The van der Waals surface area contributed by atoms with Gasteiger partial charge in [-0.1, -0.05) is 0 Å². The van der Waals surface area contributed by atoms with E-state index in [0.29, 0.717) is 18.0 Å². The molecule has 0 bridgehead atoms. The van der Waals surface area contributed by atoms with Gasteiger partial charge >= 0.3 is 0 Å². The lowest BCUT2D eigenvalue weighted by atomic mass is 9.91. The van der Waals surface area contributed by atoms with Crippen LogP contribution in [0.15, 0.2) is 47.7 Å². The lowest BCUT2D eigenvalue weighted by Gasteiger charge is -2.21. The Morgan fingerprint density at radius 3 is 2.59 bits per heavy atom. The number of ether oxygens (including phenoxy) is 2. The lowest BCUT2D eigenvalue weighted by Crippen LogP contribution is -2.31. The van der Waals surface area contributed by atoms with Gasteiger partial charge in [-0.05, 0) is 67.1 Å². The highest BCUT2D eigenvalue weighted by Gasteiger charge is 2.32. The van der Waals surface area contributed by atoms with E-state index >= 15 is 0 Å². The summed E-state index contributed by atoms with van der Waals surface area (Å²) in [6.45, 7) is 0.632. The van der Waals surface area contributed by atoms with E-state index in [4.69, 9.17) is 14.5 Å². The van der Waals surface area contributed by atoms with E-state index in [2.05, 4.69) is 4.98 Å². The quantitative estimate of drug-likeness (QED) is 0.581. The van der Waals surface area contributed by atoms with Gasteiger partial charge in [-0.3, -0.25) is 19.7 Å². The van der Waals surface area contributed by atoms with Crippen molar-refractivity contribution in [3.63, 3.8) is 0 Å². The van der Waals surface area contributed by atoms with Crippen LogP contribution in [-0.4, -0.2) is 37.4 Å². The number of hydrogen-bond acceptors (Lipinski definition) is 6. The molecule has 0 unspecified atom stereocenters. The van der Waals surface area contributed by atoms with Gasteiger partial charge in [0.05, 0.1) is 26.5 Å². The minimum Gasteiger partial charge on any atom is -0.493 e. The summed E-state index contributed by atoms with van der Waals surface area (Å²) in [5, 5.41) is 1.00. The molecule has 0 fully saturated rings. The first kappa shape index (κ1) is 20.7. The SMILES string of the molecule is COc1ccc(C2=NCC(=O)N(Cc3ccncc3)c3sc4c(c32)CCCC4)cc1OC. The number of pyridine rings is 1. The van der Waals surface area contributed by atoms with Gasteiger partial charge in [-0.2, -0.15) is 0 Å². The van der Waals surface area contributed by atoms with Crippen LogP contribution in [0.3, 0.4) is 0 Å². The summed E-state index contributed by atoms with van der Waals surface area (Å²) < 4.78 is 11.0. The molecule has 0 saturated heterocycles. The van der Waals surface area contributed by atoms with Gasteiger partial charge in [-0.25, -0.2) is 0 Å². The lowest BCUT2D eigenvalue weighted by molar-refractivity contribution is -0.117. The maximum atomic E-state index is 13.3. The molecule has 1 aliphatic heterocycles. The summed E-state index contributed by atoms with van der Waals surface area (Å²) >= 11 is 1.75. The molecular weight excluding hydrogens is 422 g/mol. The van der Waals surface area contributed by atoms with Gasteiger partial charge in [0, 0.05) is 28.4 Å². The second-order valence-corrected chi connectivity index (χ2v) is 9.04. The van der Waals surface area contributed by atoms with Crippen molar-refractivity contribution in [2.24, 2.45) is 4.99 Å². The number of methoxy groups -OCH3 is 2. The van der Waals surface area contributed by atoms with Crippen molar-refractivity contribution in [3.8, 4) is 11.5 Å². The molecule has 6 nitrogen and oxygen atoms in total. The second-order valence-electron chi connectivity index (χ2n) is 7.96. The van der Waals surface area contributed by atoms with Gasteiger partial charge < -0.3 is 9.47 Å². The van der Waals surface area contributed by atoms with Crippen molar-refractivity contribution < 1.29 is 14.3 Å². The molecule has 3 heterocycles. The molecule has 2 aromatic heterocycles. The third kappa shape index (κ3) is 3.66. The van der Waals surface area contributed by atoms with Crippen LogP contribution in [0.25, 0.3) is 0 Å². The molecule has 32 heavy (non-hydrogen) atoms. The van der Waals surface area contributed by atoms with Crippen LogP contribution in [0.1, 0.15) is 40.0 Å². The highest BCUT2D eigenvalue weighted by molar-refractivity contribution is 7.17. The van der Waals surface area contributed by atoms with Crippen molar-refractivity contribution in [1.29, 1.82) is 0 Å². The summed E-state index contributed by atoms with van der Waals surface area (Å²) in [6.07, 6.45) is 7.96. The van der Waals surface area contributed by atoms with E-state index in [9.17, 15) is 4.79 Å². The van der Waals surface area contributed by atoms with Gasteiger partial charge in [0.15, 0.2) is 11.5 Å². The van der Waals surface area contributed by atoms with Gasteiger partial charge in [0.25, 0.3) is 0 Å². The second kappa shape index (κ2) is 8.74. The number of aromatic nitrogens is 1. The molecule has 0 saturated carbocycles. The number of hydrogen-bond donors (Lipinski definition) is 0. The number of carbonyl (C=O) groups is 1. The van der Waals surface area contributed by atoms with E-state index < -0.39 is 0 Å². The Balaban J connectivity index is 1.65. The first-order chi connectivity index (χ1) is 15.7. The minimum absolute atomic E-state index is 0.0112. The number of rotatable bonds is 5. The molecule has 0 N–H and O–H groups in total. The van der Waals surface area contributed by atoms with Crippen LogP contribution in [0.4, 0.5) is 5.00 Å². The molecule has 164 valence electrons. The number of carbonyl (C=O) groups excluding carboxylic acids is 1. The minimum atomic E-state index is 0.0112. The Kier molecular flexibility index (Phi) is 5.66. The van der Waals surface area contributed by atoms with Crippen LogP contribution in [0.2, 0.25) is 0 Å². The third-order valence-corrected chi connectivity index (χ3v) is 7.37. The van der Waals surface area contributed by atoms with E-state index in [-0.39, 0.29) is 12.5 Å². The van der Waals surface area contributed by atoms with Crippen LogP contribution < -0.4 is 14.4 Å². The summed E-state index contributed by atoms with van der Waals surface area (Å²) in [4.78, 5) is 25.5. The number of amides is 1. The molecule has 1 aromatic carbocycles. The number of aliphatic imine (C=N–C) groups is 1. The molecule has 3 aromatic rings. The molecule has 0 spiro atoms. The monoisotopic (exact) mass is 447 g/mol. The van der Waals surface area contributed by atoms with Crippen LogP contribution >= 0.6 is 11.3 Å². The summed E-state index contributed by atoms with van der Waals surface area (Å²) in [6, 6.07) is 9.77. The molecule has 2 aliphatic rings. The van der Waals surface area contributed by atoms with Crippen molar-refractivity contribution in [3.05, 3.63) is 69.9 Å². The molecule has 1 amide bonds. The number of anilines is 1. The zero-order valence-electron chi connectivity index (χ0n) is 18.3. The third-order valence-electron chi connectivity index (χ3n) is 6.06. The number of fused-ring (bicyclic) bond motifs is 3. The predicted molar refractivity (Wildman–Crippen MR) is 126 cm³/mol. The van der Waals surface area contributed by atoms with E-state index in [1.54, 1.807) is 38.0 Å². The fraction of sp³-hybridized carbons (Fsp3) is 0.320. The summed E-state index contributed by atoms with van der Waals surface area (Å²) in [5.74, 6) is 1.34. The summed E-state index contributed by atoms with van der Waals surface area (Å²) in [5.41, 5.74) is 5.32. The zero-order valence-corrected chi connectivity index (χ0v) is 19.1. The highest BCUT2D eigenvalue weighted by Crippen LogP contribution is 2.43. The molecular formula is C25H25N3O3S. The Morgan fingerprint density at radius 2 is 1.81 bits per heavy atom. The van der Waals surface area contributed by atoms with E-state index in [1.807, 2.05) is 35.2 Å². The van der Waals surface area contributed by atoms with Crippen molar-refractivity contribution in [1.82, 2.24) is 4.98 Å². The maximum Gasteiger partial charge on any atom is 0.249 e. The zero-order chi connectivity index (χ0) is 22.1. The number of nitrogens with zero attached hydrogens (tertiary/aromatic N) is 3. The van der Waals surface area contributed by atoms with E-state index in [0.717, 1.165) is 46.7 Å². The molecule has 5 rings (SSSR count). The Bertz CT molecular complexity index is 1190. The number of thiophene rings is 1. The normalized spacial score (nSPS) is 15.5. The van der Waals surface area contributed by atoms with Gasteiger partial charge in [0.1, 0.15) is 11.5 Å². The predicted octanol–water partition coefficient (Wildman–Crippen LogP) is 4.42. The van der Waals surface area contributed by atoms with Gasteiger partial charge in [0.2, 0.25) is 5.91 Å². The molecule has 1 aliphatic carbocycles. The van der Waals surface area contributed by atoms with Crippen molar-refractivity contribution >= 4 is 28.0 Å². The average molecular weight is 448 g/mol. The number of aryl methyl sites for hydroxylation is 1. The Morgan fingerprint density at radius 1 is 1.03 bits per heavy atom. The largest absolute Gasteiger partial charge is 0.493 e. The van der Waals surface area contributed by atoms with Crippen LogP contribution in [-0.2, 0) is 24.2 Å². The summed E-state index contributed by atoms with van der Waals surface area (Å²) in [7, 11) is 3.26. The Hall–Kier alpha value is -3.19. The highest BCUT2D eigenvalue weighted by atomic mass is 32.1. The molecule has 0 atom stereocenters. The van der Waals surface area contributed by atoms with Crippen LogP contribution in [0, 0.1) is 0 Å². The van der Waals surface area contributed by atoms with Crippen molar-refractivity contribution in [2.75, 3.05) is 25.7 Å². The topological polar surface area (TPSA) is 64.0 Å². The Labute approximate surface area is 191 Å². The average Bonchev–Trinajstić information content (AvgIpc) is 3.16. The smallest absolute Gasteiger partial charge is 0.249 e. The molecule has 0 radical (unpaired) electrons. The number of benzene rings is 1. The van der Waals surface area contributed by atoms with Gasteiger partial charge in [-0.15, -0.1) is 11.3 Å². The first-order valence-electron chi connectivity index (χ1n) is 10.8. The standard InChI is InChI=1S/C25H25N3O3S/c1-30-19-8-7-17(13-20(19)31-2)24-23-18-5-3-4-6-21(18)32-25(23)28(22(29)14-27-24)15-16-9-11-26-12-10-16/h7-13H,3-6,14-15H2,1-2H3. The van der Waals surface area contributed by atoms with Crippen LogP contribution in [0.5, 0.6) is 11.5 Å². The molecule has 7 heteroatoms.